The summed E-state index contributed by atoms with van der Waals surface area (Å²) in [6.45, 7) is 2.00. The van der Waals surface area contributed by atoms with E-state index in [2.05, 4.69) is 0 Å². The molecule has 0 saturated heterocycles. The Morgan fingerprint density at radius 3 is 2.77 bits per heavy atom. The normalized spacial score (nSPS) is 11.5. The average Bonchev–Trinajstić information content (AvgIpc) is 2.18. The molecule has 0 aliphatic rings. The molecule has 0 aliphatic carbocycles. The Balaban J connectivity index is 2.99. The highest BCUT2D eigenvalue weighted by molar-refractivity contribution is 6.19. The van der Waals surface area contributed by atoms with Crippen LogP contribution in [0.1, 0.15) is 12.5 Å². The van der Waals surface area contributed by atoms with Gasteiger partial charge < -0.3 is 4.74 Å². The Morgan fingerprint density at radius 2 is 2.15 bits per heavy atom. The minimum atomic E-state index is 0.554. The summed E-state index contributed by atoms with van der Waals surface area (Å²) in [6, 6.07) is 7.88. The van der Waals surface area contributed by atoms with Crippen molar-refractivity contribution in [2.24, 2.45) is 0 Å². The minimum Gasteiger partial charge on any atom is -0.496 e. The van der Waals surface area contributed by atoms with Crippen LogP contribution in [0.5, 0.6) is 5.75 Å². The number of para-hydroxylation sites is 1. The van der Waals surface area contributed by atoms with Gasteiger partial charge in [0.1, 0.15) is 5.75 Å². The maximum Gasteiger partial charge on any atom is 0.126 e. The van der Waals surface area contributed by atoms with E-state index in [4.69, 9.17) is 16.3 Å². The standard InChI is InChI=1S/C11H13ClO/c1-9(8-12)7-10-5-3-4-6-11(10)13-2/h3-7H,8H2,1-2H3. The van der Waals surface area contributed by atoms with Crippen LogP contribution in [0.25, 0.3) is 6.08 Å². The van der Waals surface area contributed by atoms with E-state index >= 15 is 0 Å². The van der Waals surface area contributed by atoms with Crippen molar-refractivity contribution in [3.05, 3.63) is 35.4 Å². The molecular formula is C11H13ClO. The van der Waals surface area contributed by atoms with Gasteiger partial charge in [-0.1, -0.05) is 29.8 Å². The molecule has 0 spiro atoms. The zero-order chi connectivity index (χ0) is 9.68. The second-order valence-corrected chi connectivity index (χ2v) is 3.13. The van der Waals surface area contributed by atoms with Gasteiger partial charge in [-0.05, 0) is 13.0 Å². The Bertz CT molecular complexity index is 305. The molecule has 0 amide bonds. The molecule has 1 rings (SSSR count). The van der Waals surface area contributed by atoms with Crippen molar-refractivity contribution in [3.63, 3.8) is 0 Å². The van der Waals surface area contributed by atoms with Gasteiger partial charge in [0.05, 0.1) is 7.11 Å². The van der Waals surface area contributed by atoms with Crippen LogP contribution in [0.3, 0.4) is 0 Å². The number of hydrogen-bond acceptors (Lipinski definition) is 1. The number of alkyl halides is 1. The molecule has 0 unspecified atom stereocenters. The van der Waals surface area contributed by atoms with Gasteiger partial charge in [0.15, 0.2) is 0 Å². The first-order valence-corrected chi connectivity index (χ1v) is 4.67. The predicted octanol–water partition coefficient (Wildman–Crippen LogP) is 3.34. The van der Waals surface area contributed by atoms with E-state index in [-0.39, 0.29) is 0 Å². The fourth-order valence-corrected chi connectivity index (χ4v) is 1.17. The van der Waals surface area contributed by atoms with Crippen molar-refractivity contribution in [1.82, 2.24) is 0 Å². The van der Waals surface area contributed by atoms with Crippen LogP contribution in [-0.2, 0) is 0 Å². The first kappa shape index (κ1) is 10.1. The minimum absolute atomic E-state index is 0.554. The summed E-state index contributed by atoms with van der Waals surface area (Å²) in [5, 5.41) is 0. The number of rotatable bonds is 3. The summed E-state index contributed by atoms with van der Waals surface area (Å²) in [4.78, 5) is 0. The smallest absolute Gasteiger partial charge is 0.126 e. The molecule has 2 heteroatoms. The highest BCUT2D eigenvalue weighted by Gasteiger charge is 1.97. The summed E-state index contributed by atoms with van der Waals surface area (Å²) in [5.74, 6) is 1.44. The van der Waals surface area contributed by atoms with E-state index in [0.29, 0.717) is 5.88 Å². The summed E-state index contributed by atoms with van der Waals surface area (Å²) < 4.78 is 5.20. The molecule has 0 atom stereocenters. The molecule has 1 aromatic carbocycles. The third-order valence-corrected chi connectivity index (χ3v) is 2.17. The molecule has 70 valence electrons. The fraction of sp³-hybridized carbons (Fsp3) is 0.273. The lowest BCUT2D eigenvalue weighted by Crippen LogP contribution is -1.87. The molecule has 0 radical (unpaired) electrons. The number of halogens is 1. The van der Waals surface area contributed by atoms with Crippen LogP contribution in [-0.4, -0.2) is 13.0 Å². The number of allylic oxidation sites excluding steroid dienone is 1. The molecule has 1 nitrogen and oxygen atoms in total. The van der Waals surface area contributed by atoms with Gasteiger partial charge in [-0.3, -0.25) is 0 Å². The lowest BCUT2D eigenvalue weighted by molar-refractivity contribution is 0.414. The van der Waals surface area contributed by atoms with Crippen molar-refractivity contribution >= 4 is 17.7 Å². The quantitative estimate of drug-likeness (QED) is 0.674. The van der Waals surface area contributed by atoms with Gasteiger partial charge in [0, 0.05) is 11.4 Å². The zero-order valence-corrected chi connectivity index (χ0v) is 8.64. The van der Waals surface area contributed by atoms with E-state index in [1.807, 2.05) is 37.3 Å². The van der Waals surface area contributed by atoms with Crippen LogP contribution < -0.4 is 4.74 Å². The van der Waals surface area contributed by atoms with Crippen LogP contribution >= 0.6 is 11.6 Å². The monoisotopic (exact) mass is 196 g/mol. The predicted molar refractivity (Wildman–Crippen MR) is 57.4 cm³/mol. The maximum atomic E-state index is 5.69. The summed E-state index contributed by atoms with van der Waals surface area (Å²) in [6.07, 6.45) is 2.03. The lowest BCUT2D eigenvalue weighted by Gasteiger charge is -2.04. The van der Waals surface area contributed by atoms with Crippen molar-refractivity contribution in [2.75, 3.05) is 13.0 Å². The number of benzene rings is 1. The van der Waals surface area contributed by atoms with Gasteiger partial charge in [-0.25, -0.2) is 0 Å². The number of methoxy groups -OCH3 is 1. The highest BCUT2D eigenvalue weighted by Crippen LogP contribution is 2.20. The second-order valence-electron chi connectivity index (χ2n) is 2.87. The lowest BCUT2D eigenvalue weighted by atomic mass is 10.1. The van der Waals surface area contributed by atoms with E-state index in [0.717, 1.165) is 16.9 Å². The second kappa shape index (κ2) is 4.93. The maximum absolute atomic E-state index is 5.69. The third-order valence-electron chi connectivity index (χ3n) is 1.75. The van der Waals surface area contributed by atoms with Crippen LogP contribution in [0.4, 0.5) is 0 Å². The Morgan fingerprint density at radius 1 is 1.46 bits per heavy atom. The molecule has 0 fully saturated rings. The SMILES string of the molecule is COc1ccccc1C=C(C)CCl. The molecule has 0 aliphatic heterocycles. The van der Waals surface area contributed by atoms with Gasteiger partial charge in [0.2, 0.25) is 0 Å². The van der Waals surface area contributed by atoms with Crippen molar-refractivity contribution < 1.29 is 4.74 Å². The summed E-state index contributed by atoms with van der Waals surface area (Å²) in [7, 11) is 1.67. The summed E-state index contributed by atoms with van der Waals surface area (Å²) >= 11 is 5.69. The fourth-order valence-electron chi connectivity index (χ4n) is 1.09. The zero-order valence-electron chi connectivity index (χ0n) is 7.88. The van der Waals surface area contributed by atoms with E-state index < -0.39 is 0 Å². The molecule has 0 heterocycles. The van der Waals surface area contributed by atoms with Gasteiger partial charge >= 0.3 is 0 Å². The van der Waals surface area contributed by atoms with E-state index in [1.54, 1.807) is 7.11 Å². The average molecular weight is 197 g/mol. The van der Waals surface area contributed by atoms with Crippen LogP contribution in [0.15, 0.2) is 29.8 Å². The number of ether oxygens (including phenoxy) is 1. The topological polar surface area (TPSA) is 9.23 Å². The molecule has 0 bridgehead atoms. The first-order valence-electron chi connectivity index (χ1n) is 4.14. The van der Waals surface area contributed by atoms with Crippen LogP contribution in [0, 0.1) is 0 Å². The van der Waals surface area contributed by atoms with E-state index in [9.17, 15) is 0 Å². The molecular weight excluding hydrogens is 184 g/mol. The molecule has 1 aromatic rings. The van der Waals surface area contributed by atoms with Crippen molar-refractivity contribution in [2.45, 2.75) is 6.92 Å². The molecule has 13 heavy (non-hydrogen) atoms. The Kier molecular flexibility index (Phi) is 3.84. The van der Waals surface area contributed by atoms with Crippen molar-refractivity contribution in [1.29, 1.82) is 0 Å². The van der Waals surface area contributed by atoms with Crippen molar-refractivity contribution in [3.8, 4) is 5.75 Å². The Hall–Kier alpha value is -0.950. The molecule has 0 aromatic heterocycles. The van der Waals surface area contributed by atoms with Gasteiger partial charge in [0.25, 0.3) is 0 Å². The number of hydrogen-bond donors (Lipinski definition) is 0. The highest BCUT2D eigenvalue weighted by atomic mass is 35.5. The summed E-state index contributed by atoms with van der Waals surface area (Å²) in [5.41, 5.74) is 2.20. The first-order chi connectivity index (χ1) is 6.27. The largest absolute Gasteiger partial charge is 0.496 e. The molecule has 0 saturated carbocycles. The third kappa shape index (κ3) is 2.78. The van der Waals surface area contributed by atoms with E-state index in [1.165, 1.54) is 0 Å². The van der Waals surface area contributed by atoms with Gasteiger partial charge in [-0.2, -0.15) is 0 Å². The van der Waals surface area contributed by atoms with Crippen LogP contribution in [0.2, 0.25) is 0 Å². The van der Waals surface area contributed by atoms with Gasteiger partial charge in [-0.15, -0.1) is 11.6 Å². The molecule has 0 N–H and O–H groups in total. The Labute approximate surface area is 84.0 Å².